The number of hydrogen-bond donors (Lipinski definition) is 1. The van der Waals surface area contributed by atoms with Gasteiger partial charge in [0.05, 0.1) is 15.4 Å². The average Bonchev–Trinajstić information content (AvgIpc) is 2.26. The maximum absolute atomic E-state index is 11.0. The van der Waals surface area contributed by atoms with Gasteiger partial charge in [0.1, 0.15) is 0 Å². The molecule has 1 aromatic rings. The standard InChI is InChI=1S/C9H10N4O5/c1-11(2)8-6(12(15)16)3-5(9(10)14)4-7(8)13(17)18/h3-4H,1-2H3,(H2,10,14). The van der Waals surface area contributed by atoms with Gasteiger partial charge in [-0.25, -0.2) is 0 Å². The van der Waals surface area contributed by atoms with E-state index in [-0.39, 0.29) is 11.3 Å². The number of nitro groups is 2. The van der Waals surface area contributed by atoms with E-state index in [0.717, 1.165) is 12.1 Å². The number of carbonyl (C=O) groups is 1. The summed E-state index contributed by atoms with van der Waals surface area (Å²) in [6.45, 7) is 0. The van der Waals surface area contributed by atoms with Crippen LogP contribution >= 0.6 is 0 Å². The van der Waals surface area contributed by atoms with Gasteiger partial charge in [0.15, 0.2) is 5.69 Å². The molecule has 0 fully saturated rings. The van der Waals surface area contributed by atoms with Crippen LogP contribution in [0.3, 0.4) is 0 Å². The van der Waals surface area contributed by atoms with Gasteiger partial charge in [-0.1, -0.05) is 0 Å². The number of hydrogen-bond acceptors (Lipinski definition) is 6. The van der Waals surface area contributed by atoms with E-state index in [2.05, 4.69) is 0 Å². The van der Waals surface area contributed by atoms with Crippen LogP contribution in [-0.2, 0) is 0 Å². The first-order chi connectivity index (χ1) is 8.25. The second-order valence-corrected chi connectivity index (χ2v) is 3.64. The molecule has 18 heavy (non-hydrogen) atoms. The summed E-state index contributed by atoms with van der Waals surface area (Å²) >= 11 is 0. The van der Waals surface area contributed by atoms with Crippen molar-refractivity contribution >= 4 is 23.0 Å². The van der Waals surface area contributed by atoms with E-state index in [9.17, 15) is 25.0 Å². The zero-order valence-electron chi connectivity index (χ0n) is 9.61. The highest BCUT2D eigenvalue weighted by Gasteiger charge is 2.29. The Labute approximate surface area is 101 Å². The van der Waals surface area contributed by atoms with Crippen LogP contribution in [0.4, 0.5) is 17.1 Å². The highest BCUT2D eigenvalue weighted by atomic mass is 16.6. The Bertz CT molecular complexity index is 505. The van der Waals surface area contributed by atoms with Crippen molar-refractivity contribution in [1.29, 1.82) is 0 Å². The van der Waals surface area contributed by atoms with Gasteiger partial charge in [-0.2, -0.15) is 0 Å². The van der Waals surface area contributed by atoms with Gasteiger partial charge in [-0.15, -0.1) is 0 Å². The van der Waals surface area contributed by atoms with E-state index < -0.39 is 27.1 Å². The Balaban J connectivity index is 3.71. The van der Waals surface area contributed by atoms with Crippen LogP contribution in [0.25, 0.3) is 0 Å². The van der Waals surface area contributed by atoms with E-state index in [4.69, 9.17) is 5.73 Å². The van der Waals surface area contributed by atoms with Crippen molar-refractivity contribution < 1.29 is 14.6 Å². The van der Waals surface area contributed by atoms with Crippen molar-refractivity contribution in [1.82, 2.24) is 0 Å². The van der Waals surface area contributed by atoms with Crippen molar-refractivity contribution in [3.05, 3.63) is 37.9 Å². The molecule has 0 saturated heterocycles. The molecule has 0 aliphatic heterocycles. The van der Waals surface area contributed by atoms with Gasteiger partial charge >= 0.3 is 0 Å². The molecular formula is C9H10N4O5. The van der Waals surface area contributed by atoms with Gasteiger partial charge in [-0.3, -0.25) is 25.0 Å². The van der Waals surface area contributed by atoms with Gasteiger partial charge in [0, 0.05) is 26.2 Å². The smallest absolute Gasteiger partial charge is 0.300 e. The number of rotatable bonds is 4. The van der Waals surface area contributed by atoms with Crippen LogP contribution in [0.5, 0.6) is 0 Å². The molecule has 1 amide bonds. The Morgan fingerprint density at radius 3 is 1.78 bits per heavy atom. The molecule has 9 nitrogen and oxygen atoms in total. The summed E-state index contributed by atoms with van der Waals surface area (Å²) < 4.78 is 0. The van der Waals surface area contributed by atoms with Crippen molar-refractivity contribution in [2.24, 2.45) is 5.73 Å². The van der Waals surface area contributed by atoms with Crippen LogP contribution in [0.15, 0.2) is 12.1 Å². The van der Waals surface area contributed by atoms with Crippen molar-refractivity contribution in [3.8, 4) is 0 Å². The lowest BCUT2D eigenvalue weighted by Gasteiger charge is -2.13. The molecule has 96 valence electrons. The van der Waals surface area contributed by atoms with Crippen LogP contribution in [0.2, 0.25) is 0 Å². The van der Waals surface area contributed by atoms with Gasteiger partial charge < -0.3 is 10.6 Å². The third-order valence-corrected chi connectivity index (χ3v) is 2.19. The number of amides is 1. The predicted molar refractivity (Wildman–Crippen MR) is 62.6 cm³/mol. The molecule has 0 aromatic heterocycles. The number of nitrogens with two attached hydrogens (primary N) is 1. The molecule has 0 spiro atoms. The summed E-state index contributed by atoms with van der Waals surface area (Å²) in [7, 11) is 2.86. The molecule has 0 saturated carbocycles. The Hall–Kier alpha value is -2.71. The topological polar surface area (TPSA) is 133 Å². The van der Waals surface area contributed by atoms with E-state index >= 15 is 0 Å². The average molecular weight is 254 g/mol. The normalized spacial score (nSPS) is 9.89. The highest BCUT2D eigenvalue weighted by molar-refractivity contribution is 5.96. The van der Waals surface area contributed by atoms with Crippen molar-refractivity contribution in [3.63, 3.8) is 0 Å². The minimum Gasteiger partial charge on any atom is -0.366 e. The van der Waals surface area contributed by atoms with Crippen molar-refractivity contribution in [2.45, 2.75) is 0 Å². The summed E-state index contributed by atoms with van der Waals surface area (Å²) in [5.74, 6) is -0.966. The van der Waals surface area contributed by atoms with Crippen LogP contribution < -0.4 is 10.6 Å². The molecule has 0 heterocycles. The third kappa shape index (κ3) is 2.34. The zero-order valence-corrected chi connectivity index (χ0v) is 9.61. The molecule has 0 radical (unpaired) electrons. The van der Waals surface area contributed by atoms with E-state index in [1.165, 1.54) is 19.0 Å². The Morgan fingerprint density at radius 1 is 1.17 bits per heavy atom. The lowest BCUT2D eigenvalue weighted by molar-refractivity contribution is -0.392. The van der Waals surface area contributed by atoms with Crippen molar-refractivity contribution in [2.75, 3.05) is 19.0 Å². The monoisotopic (exact) mass is 254 g/mol. The first-order valence-electron chi connectivity index (χ1n) is 4.69. The zero-order chi connectivity index (χ0) is 14.0. The fourth-order valence-electron chi connectivity index (χ4n) is 1.48. The first-order valence-corrected chi connectivity index (χ1v) is 4.69. The molecule has 0 atom stereocenters. The van der Waals surface area contributed by atoms with E-state index in [0.29, 0.717) is 0 Å². The second-order valence-electron chi connectivity index (χ2n) is 3.64. The quantitative estimate of drug-likeness (QED) is 0.620. The fourth-order valence-corrected chi connectivity index (χ4v) is 1.48. The first kappa shape index (κ1) is 13.4. The molecule has 9 heteroatoms. The molecule has 1 aromatic carbocycles. The minimum atomic E-state index is -0.966. The lowest BCUT2D eigenvalue weighted by atomic mass is 10.1. The minimum absolute atomic E-state index is 0.185. The van der Waals surface area contributed by atoms with E-state index in [1.807, 2.05) is 0 Å². The lowest BCUT2D eigenvalue weighted by Crippen LogP contribution is -2.16. The molecule has 0 aliphatic rings. The Kier molecular flexibility index (Phi) is 3.45. The van der Waals surface area contributed by atoms with Crippen LogP contribution in [0, 0.1) is 20.2 Å². The maximum Gasteiger partial charge on any atom is 0.300 e. The van der Waals surface area contributed by atoms with E-state index in [1.54, 1.807) is 0 Å². The number of nitro benzene ring substituents is 2. The summed E-state index contributed by atoms with van der Waals surface area (Å²) in [6, 6.07) is 1.84. The molecule has 0 bridgehead atoms. The molecule has 0 aliphatic carbocycles. The predicted octanol–water partition coefficient (Wildman–Crippen LogP) is 0.668. The summed E-state index contributed by atoms with van der Waals surface area (Å²) in [4.78, 5) is 32.4. The van der Waals surface area contributed by atoms with Gasteiger partial charge in [0.25, 0.3) is 11.4 Å². The Morgan fingerprint density at radius 2 is 1.56 bits per heavy atom. The summed E-state index contributed by atoms with van der Waals surface area (Å²) in [5.41, 5.74) is 3.44. The fraction of sp³-hybridized carbons (Fsp3) is 0.222. The number of benzene rings is 1. The molecule has 0 unspecified atom stereocenters. The van der Waals surface area contributed by atoms with Gasteiger partial charge in [0.2, 0.25) is 5.91 Å². The second kappa shape index (κ2) is 4.65. The van der Waals surface area contributed by atoms with Gasteiger partial charge in [-0.05, 0) is 0 Å². The number of carbonyl (C=O) groups excluding carboxylic acids is 1. The third-order valence-electron chi connectivity index (χ3n) is 2.19. The summed E-state index contributed by atoms with van der Waals surface area (Å²) in [6.07, 6.45) is 0. The number of nitrogens with zero attached hydrogens (tertiary/aromatic N) is 3. The SMILES string of the molecule is CN(C)c1c([N+](=O)[O-])cc(C(N)=O)cc1[N+](=O)[O-]. The van der Waals surface area contributed by atoms with Crippen LogP contribution in [0.1, 0.15) is 10.4 Å². The highest BCUT2D eigenvalue weighted by Crippen LogP contribution is 2.37. The molecule has 1 rings (SSSR count). The molecule has 2 N–H and O–H groups in total. The van der Waals surface area contributed by atoms with Crippen LogP contribution in [-0.4, -0.2) is 29.8 Å². The largest absolute Gasteiger partial charge is 0.366 e. The summed E-state index contributed by atoms with van der Waals surface area (Å²) in [5, 5.41) is 21.8. The number of primary amides is 1. The number of anilines is 1. The maximum atomic E-state index is 11.0. The molecular weight excluding hydrogens is 244 g/mol.